The second kappa shape index (κ2) is 1.90. The number of aliphatic hydroxyl groups excluding tert-OH is 1. The van der Waals surface area contributed by atoms with Crippen LogP contribution in [0.3, 0.4) is 0 Å². The van der Waals surface area contributed by atoms with Crippen molar-refractivity contribution in [1.29, 1.82) is 0 Å². The summed E-state index contributed by atoms with van der Waals surface area (Å²) in [7, 11) is 0. The Labute approximate surface area is 50.0 Å². The molecule has 0 amide bonds. The van der Waals surface area contributed by atoms with E-state index in [4.69, 9.17) is 5.11 Å². The fourth-order valence-electron chi connectivity index (χ4n) is 0.910. The molecule has 46 valence electrons. The summed E-state index contributed by atoms with van der Waals surface area (Å²) in [6.45, 7) is 3.97. The first-order valence-corrected chi connectivity index (χ1v) is 3.05. The van der Waals surface area contributed by atoms with E-state index < -0.39 is 0 Å². The summed E-state index contributed by atoms with van der Waals surface area (Å²) in [4.78, 5) is 0. The van der Waals surface area contributed by atoms with E-state index in [1.54, 1.807) is 0 Å². The predicted octanol–water partition coefficient (Wildman–Crippen LogP) is 1.33. The van der Waals surface area contributed by atoms with Crippen LogP contribution in [0, 0.1) is 5.41 Å². The molecule has 1 saturated carbocycles. The van der Waals surface area contributed by atoms with Crippen molar-refractivity contribution in [3.8, 4) is 0 Å². The minimum absolute atomic E-state index is 0.280. The van der Waals surface area contributed by atoms with Crippen LogP contribution in [0.2, 0.25) is 0 Å². The Bertz CT molecular complexity index is 92.6. The van der Waals surface area contributed by atoms with Gasteiger partial charge in [-0.05, 0) is 24.7 Å². The van der Waals surface area contributed by atoms with Crippen molar-refractivity contribution >= 4 is 0 Å². The standard InChI is InChI=1S/C7H12O/c1-2-3-7(6-8)4-5-7/h2,8H,1,3-6H2. The molecule has 1 aliphatic rings. The van der Waals surface area contributed by atoms with E-state index in [-0.39, 0.29) is 5.41 Å². The van der Waals surface area contributed by atoms with Gasteiger partial charge in [0, 0.05) is 6.61 Å². The quantitative estimate of drug-likeness (QED) is 0.546. The average Bonchev–Trinajstić information content (AvgIpc) is 2.50. The molecule has 0 spiro atoms. The Balaban J connectivity index is 2.29. The maximum Gasteiger partial charge on any atom is 0.0490 e. The summed E-state index contributed by atoms with van der Waals surface area (Å²) < 4.78 is 0. The maximum absolute atomic E-state index is 8.74. The van der Waals surface area contributed by atoms with Crippen molar-refractivity contribution in [3.05, 3.63) is 12.7 Å². The van der Waals surface area contributed by atoms with Gasteiger partial charge in [-0.1, -0.05) is 6.08 Å². The van der Waals surface area contributed by atoms with Crippen molar-refractivity contribution in [2.75, 3.05) is 6.61 Å². The maximum atomic E-state index is 8.74. The van der Waals surface area contributed by atoms with Crippen LogP contribution < -0.4 is 0 Å². The molecular formula is C7H12O. The summed E-state index contributed by atoms with van der Waals surface area (Å²) in [5, 5.41) is 8.74. The van der Waals surface area contributed by atoms with Gasteiger partial charge in [-0.3, -0.25) is 0 Å². The van der Waals surface area contributed by atoms with Gasteiger partial charge in [-0.25, -0.2) is 0 Å². The highest BCUT2D eigenvalue weighted by molar-refractivity contribution is 4.96. The molecular weight excluding hydrogens is 100 g/mol. The molecule has 0 aliphatic heterocycles. The Morgan fingerprint density at radius 1 is 1.62 bits per heavy atom. The van der Waals surface area contributed by atoms with Crippen molar-refractivity contribution in [1.82, 2.24) is 0 Å². The van der Waals surface area contributed by atoms with E-state index in [0.29, 0.717) is 6.61 Å². The van der Waals surface area contributed by atoms with E-state index in [0.717, 1.165) is 6.42 Å². The fraction of sp³-hybridized carbons (Fsp3) is 0.714. The third-order valence-corrected chi connectivity index (χ3v) is 1.87. The first-order valence-electron chi connectivity index (χ1n) is 3.05. The molecule has 1 aliphatic carbocycles. The van der Waals surface area contributed by atoms with Gasteiger partial charge in [-0.15, -0.1) is 6.58 Å². The Morgan fingerprint density at radius 2 is 2.25 bits per heavy atom. The van der Waals surface area contributed by atoms with E-state index in [1.165, 1.54) is 12.8 Å². The normalized spacial score (nSPS) is 22.6. The zero-order chi connectivity index (χ0) is 6.04. The Hall–Kier alpha value is -0.300. The van der Waals surface area contributed by atoms with Crippen molar-refractivity contribution in [3.63, 3.8) is 0 Å². The minimum atomic E-state index is 0.280. The molecule has 0 bridgehead atoms. The van der Waals surface area contributed by atoms with Crippen LogP contribution in [0.4, 0.5) is 0 Å². The lowest BCUT2D eigenvalue weighted by Gasteiger charge is -2.04. The number of aliphatic hydroxyl groups is 1. The second-order valence-electron chi connectivity index (χ2n) is 2.65. The number of hydrogen-bond acceptors (Lipinski definition) is 1. The van der Waals surface area contributed by atoms with E-state index >= 15 is 0 Å². The number of hydrogen-bond donors (Lipinski definition) is 1. The average molecular weight is 112 g/mol. The number of allylic oxidation sites excluding steroid dienone is 1. The molecule has 1 rings (SSSR count). The summed E-state index contributed by atoms with van der Waals surface area (Å²) >= 11 is 0. The molecule has 1 heteroatoms. The zero-order valence-electron chi connectivity index (χ0n) is 5.06. The molecule has 0 aromatic carbocycles. The molecule has 0 heterocycles. The highest BCUT2D eigenvalue weighted by atomic mass is 16.3. The van der Waals surface area contributed by atoms with Gasteiger partial charge in [0.05, 0.1) is 0 Å². The van der Waals surface area contributed by atoms with Crippen LogP contribution in [0.25, 0.3) is 0 Å². The van der Waals surface area contributed by atoms with Crippen molar-refractivity contribution in [2.24, 2.45) is 5.41 Å². The van der Waals surface area contributed by atoms with E-state index in [9.17, 15) is 0 Å². The van der Waals surface area contributed by atoms with Crippen LogP contribution >= 0.6 is 0 Å². The van der Waals surface area contributed by atoms with E-state index in [1.807, 2.05) is 6.08 Å². The van der Waals surface area contributed by atoms with Gasteiger partial charge in [0.1, 0.15) is 0 Å². The van der Waals surface area contributed by atoms with Crippen LogP contribution in [0.15, 0.2) is 12.7 Å². The first kappa shape index (κ1) is 5.83. The van der Waals surface area contributed by atoms with Gasteiger partial charge in [-0.2, -0.15) is 0 Å². The van der Waals surface area contributed by atoms with Gasteiger partial charge >= 0.3 is 0 Å². The number of rotatable bonds is 3. The largest absolute Gasteiger partial charge is 0.396 e. The third kappa shape index (κ3) is 0.920. The molecule has 1 N–H and O–H groups in total. The lowest BCUT2D eigenvalue weighted by molar-refractivity contribution is 0.213. The highest BCUT2D eigenvalue weighted by Crippen LogP contribution is 2.48. The van der Waals surface area contributed by atoms with Gasteiger partial charge in [0.15, 0.2) is 0 Å². The lowest BCUT2D eigenvalue weighted by atomic mass is 10.1. The topological polar surface area (TPSA) is 20.2 Å². The van der Waals surface area contributed by atoms with Crippen LogP contribution in [-0.2, 0) is 0 Å². The predicted molar refractivity (Wildman–Crippen MR) is 33.6 cm³/mol. The summed E-state index contributed by atoms with van der Waals surface area (Å²) in [5.41, 5.74) is 0.280. The SMILES string of the molecule is C=CCC1(CO)CC1. The van der Waals surface area contributed by atoms with Gasteiger partial charge in [0.25, 0.3) is 0 Å². The Kier molecular flexibility index (Phi) is 1.39. The molecule has 0 atom stereocenters. The smallest absolute Gasteiger partial charge is 0.0490 e. The summed E-state index contributed by atoms with van der Waals surface area (Å²) in [6, 6.07) is 0. The van der Waals surface area contributed by atoms with Gasteiger partial charge < -0.3 is 5.11 Å². The Morgan fingerprint density at radius 3 is 2.38 bits per heavy atom. The molecule has 0 radical (unpaired) electrons. The molecule has 0 unspecified atom stereocenters. The fourth-order valence-corrected chi connectivity index (χ4v) is 0.910. The molecule has 0 aromatic rings. The summed E-state index contributed by atoms with van der Waals surface area (Å²) in [6.07, 6.45) is 5.26. The van der Waals surface area contributed by atoms with Crippen molar-refractivity contribution in [2.45, 2.75) is 19.3 Å². The van der Waals surface area contributed by atoms with Crippen LogP contribution in [0.1, 0.15) is 19.3 Å². The molecule has 1 nitrogen and oxygen atoms in total. The third-order valence-electron chi connectivity index (χ3n) is 1.87. The van der Waals surface area contributed by atoms with Gasteiger partial charge in [0.2, 0.25) is 0 Å². The monoisotopic (exact) mass is 112 g/mol. The molecule has 0 aromatic heterocycles. The molecule has 0 saturated heterocycles. The summed E-state index contributed by atoms with van der Waals surface area (Å²) in [5.74, 6) is 0. The second-order valence-corrected chi connectivity index (χ2v) is 2.65. The highest BCUT2D eigenvalue weighted by Gasteiger charge is 2.40. The molecule has 1 fully saturated rings. The van der Waals surface area contributed by atoms with Crippen LogP contribution in [0.5, 0.6) is 0 Å². The van der Waals surface area contributed by atoms with Crippen molar-refractivity contribution < 1.29 is 5.11 Å². The molecule has 8 heavy (non-hydrogen) atoms. The van der Waals surface area contributed by atoms with E-state index in [2.05, 4.69) is 6.58 Å². The first-order chi connectivity index (χ1) is 3.83. The zero-order valence-corrected chi connectivity index (χ0v) is 5.06. The minimum Gasteiger partial charge on any atom is -0.396 e. The van der Waals surface area contributed by atoms with Crippen LogP contribution in [-0.4, -0.2) is 11.7 Å². The lowest BCUT2D eigenvalue weighted by Crippen LogP contribution is -2.03.